The van der Waals surface area contributed by atoms with Gasteiger partial charge >= 0.3 is 0 Å². The van der Waals surface area contributed by atoms with Crippen LogP contribution in [0.15, 0.2) is 45.8 Å². The molecule has 126 valence electrons. The third-order valence-electron chi connectivity index (χ3n) is 2.91. The number of anilines is 2. The first-order chi connectivity index (χ1) is 11.4. The van der Waals surface area contributed by atoms with Crippen molar-refractivity contribution in [1.29, 1.82) is 0 Å². The number of thioether (sulfide) groups is 1. The van der Waals surface area contributed by atoms with Gasteiger partial charge in [0.25, 0.3) is 5.56 Å². The number of aromatic nitrogens is 1. The molecule has 0 aliphatic rings. The summed E-state index contributed by atoms with van der Waals surface area (Å²) in [4.78, 5) is 37.7. The van der Waals surface area contributed by atoms with Gasteiger partial charge in [0.2, 0.25) is 11.8 Å². The van der Waals surface area contributed by atoms with Crippen LogP contribution < -0.4 is 16.2 Å². The van der Waals surface area contributed by atoms with Crippen molar-refractivity contribution in [3.05, 3.63) is 56.9 Å². The normalized spacial score (nSPS) is 10.2. The highest BCUT2D eigenvalue weighted by molar-refractivity contribution is 9.10. The van der Waals surface area contributed by atoms with Gasteiger partial charge in [0.15, 0.2) is 0 Å². The van der Waals surface area contributed by atoms with Gasteiger partial charge in [-0.05, 0) is 46.6 Å². The number of rotatable bonds is 6. The standard InChI is InChI=1S/C16H16BrN3O3S/c1-10-3-2-4-12(5-10)19-14(21)8-24-9-15(22)20-13-6-11(17)7-18-16(13)23/h2-7H,8-9H2,1H3,(H,18,23)(H,19,21)(H,20,22). The van der Waals surface area contributed by atoms with E-state index < -0.39 is 0 Å². The van der Waals surface area contributed by atoms with Crippen molar-refractivity contribution in [2.45, 2.75) is 6.92 Å². The zero-order valence-electron chi connectivity index (χ0n) is 12.9. The molecule has 0 spiro atoms. The second-order valence-corrected chi connectivity index (χ2v) is 6.92. The Morgan fingerprint density at radius 3 is 2.58 bits per heavy atom. The van der Waals surface area contributed by atoms with Gasteiger partial charge in [-0.25, -0.2) is 0 Å². The minimum atomic E-state index is -0.381. The molecule has 0 saturated heterocycles. The average Bonchev–Trinajstić information content (AvgIpc) is 2.51. The summed E-state index contributed by atoms with van der Waals surface area (Å²) in [5, 5.41) is 5.29. The Morgan fingerprint density at radius 1 is 1.17 bits per heavy atom. The van der Waals surface area contributed by atoms with E-state index in [9.17, 15) is 14.4 Å². The number of amides is 2. The molecule has 2 amide bonds. The first-order valence-electron chi connectivity index (χ1n) is 7.06. The Bertz CT molecular complexity index is 807. The fourth-order valence-electron chi connectivity index (χ4n) is 1.89. The number of H-pyrrole nitrogens is 1. The molecule has 6 nitrogen and oxygen atoms in total. The number of hydrogen-bond donors (Lipinski definition) is 3. The van der Waals surface area contributed by atoms with Gasteiger partial charge in [-0.1, -0.05) is 12.1 Å². The first-order valence-corrected chi connectivity index (χ1v) is 9.01. The van der Waals surface area contributed by atoms with E-state index in [1.165, 1.54) is 24.0 Å². The van der Waals surface area contributed by atoms with E-state index in [0.717, 1.165) is 11.3 Å². The van der Waals surface area contributed by atoms with E-state index in [1.807, 2.05) is 31.2 Å². The number of carbonyl (C=O) groups is 2. The molecule has 3 N–H and O–H groups in total. The lowest BCUT2D eigenvalue weighted by Crippen LogP contribution is -2.22. The van der Waals surface area contributed by atoms with E-state index >= 15 is 0 Å². The zero-order chi connectivity index (χ0) is 17.5. The molecule has 0 aliphatic heterocycles. The highest BCUT2D eigenvalue weighted by atomic mass is 79.9. The number of carbonyl (C=O) groups excluding carboxylic acids is 2. The lowest BCUT2D eigenvalue weighted by molar-refractivity contribution is -0.114. The summed E-state index contributed by atoms with van der Waals surface area (Å²) in [6.07, 6.45) is 1.49. The highest BCUT2D eigenvalue weighted by Crippen LogP contribution is 2.12. The van der Waals surface area contributed by atoms with Gasteiger partial charge < -0.3 is 15.6 Å². The van der Waals surface area contributed by atoms with E-state index in [0.29, 0.717) is 4.47 Å². The molecule has 2 aromatic rings. The van der Waals surface area contributed by atoms with Gasteiger partial charge in [0.1, 0.15) is 5.69 Å². The monoisotopic (exact) mass is 409 g/mol. The van der Waals surface area contributed by atoms with E-state index in [1.54, 1.807) is 0 Å². The van der Waals surface area contributed by atoms with Crippen molar-refractivity contribution in [2.24, 2.45) is 0 Å². The van der Waals surface area contributed by atoms with Crippen molar-refractivity contribution in [3.8, 4) is 0 Å². The second kappa shape index (κ2) is 8.70. The number of nitrogens with one attached hydrogen (secondary N) is 3. The molecule has 0 unspecified atom stereocenters. The molecular weight excluding hydrogens is 394 g/mol. The Morgan fingerprint density at radius 2 is 1.88 bits per heavy atom. The summed E-state index contributed by atoms with van der Waals surface area (Å²) < 4.78 is 0.655. The SMILES string of the molecule is Cc1cccc(NC(=O)CSCC(=O)Nc2cc(Br)c[nH]c2=O)c1. The van der Waals surface area contributed by atoms with Crippen LogP contribution in [0.5, 0.6) is 0 Å². The van der Waals surface area contributed by atoms with Crippen LogP contribution in [0.4, 0.5) is 11.4 Å². The van der Waals surface area contributed by atoms with Crippen LogP contribution in [0.25, 0.3) is 0 Å². The summed E-state index contributed by atoms with van der Waals surface area (Å²) in [6.45, 7) is 1.94. The highest BCUT2D eigenvalue weighted by Gasteiger charge is 2.09. The van der Waals surface area contributed by atoms with Gasteiger partial charge in [-0.2, -0.15) is 0 Å². The van der Waals surface area contributed by atoms with Crippen LogP contribution in [0.3, 0.4) is 0 Å². The molecule has 0 aliphatic carbocycles. The predicted octanol–water partition coefficient (Wildman–Crippen LogP) is 2.76. The van der Waals surface area contributed by atoms with Crippen LogP contribution in [-0.2, 0) is 9.59 Å². The molecule has 0 fully saturated rings. The van der Waals surface area contributed by atoms with Crippen LogP contribution in [0.2, 0.25) is 0 Å². The smallest absolute Gasteiger partial charge is 0.271 e. The van der Waals surface area contributed by atoms with Crippen molar-refractivity contribution in [1.82, 2.24) is 4.98 Å². The quantitative estimate of drug-likeness (QED) is 0.683. The largest absolute Gasteiger partial charge is 0.326 e. The molecule has 1 aromatic carbocycles. The molecule has 1 aromatic heterocycles. The maximum atomic E-state index is 11.8. The molecule has 1 heterocycles. The van der Waals surface area contributed by atoms with Crippen LogP contribution >= 0.6 is 27.7 Å². The summed E-state index contributed by atoms with van der Waals surface area (Å²) in [6, 6.07) is 9.00. The van der Waals surface area contributed by atoms with E-state index in [-0.39, 0.29) is 34.6 Å². The van der Waals surface area contributed by atoms with Crippen molar-refractivity contribution in [2.75, 3.05) is 22.1 Å². The Balaban J connectivity index is 1.77. The molecule has 24 heavy (non-hydrogen) atoms. The van der Waals surface area contributed by atoms with Crippen molar-refractivity contribution < 1.29 is 9.59 Å². The topological polar surface area (TPSA) is 91.1 Å². The Hall–Kier alpha value is -2.06. The summed E-state index contributed by atoms with van der Waals surface area (Å²) >= 11 is 4.39. The van der Waals surface area contributed by atoms with Gasteiger partial charge in [0.05, 0.1) is 11.5 Å². The van der Waals surface area contributed by atoms with Crippen LogP contribution in [0, 0.1) is 6.92 Å². The second-order valence-electron chi connectivity index (χ2n) is 5.02. The van der Waals surface area contributed by atoms with Gasteiger partial charge in [-0.3, -0.25) is 14.4 Å². The average molecular weight is 410 g/mol. The minimum absolute atomic E-state index is 0.0766. The minimum Gasteiger partial charge on any atom is -0.326 e. The summed E-state index contributed by atoms with van der Waals surface area (Å²) in [5.41, 5.74) is 1.57. The summed E-state index contributed by atoms with van der Waals surface area (Å²) in [5.74, 6) is -0.297. The van der Waals surface area contributed by atoms with Gasteiger partial charge in [0, 0.05) is 16.4 Å². The van der Waals surface area contributed by atoms with Crippen molar-refractivity contribution in [3.63, 3.8) is 0 Å². The molecular formula is C16H16BrN3O3S. The third kappa shape index (κ3) is 5.86. The number of halogens is 1. The maximum Gasteiger partial charge on any atom is 0.271 e. The molecule has 0 atom stereocenters. The molecule has 0 bridgehead atoms. The number of hydrogen-bond acceptors (Lipinski definition) is 4. The van der Waals surface area contributed by atoms with E-state index in [2.05, 4.69) is 31.5 Å². The first kappa shape index (κ1) is 18.3. The zero-order valence-corrected chi connectivity index (χ0v) is 15.3. The molecule has 0 saturated carbocycles. The van der Waals surface area contributed by atoms with E-state index in [4.69, 9.17) is 0 Å². The summed E-state index contributed by atoms with van der Waals surface area (Å²) in [7, 11) is 0. The fourth-order valence-corrected chi connectivity index (χ4v) is 2.85. The Labute approximate surface area is 151 Å². The van der Waals surface area contributed by atoms with Gasteiger partial charge in [-0.15, -0.1) is 11.8 Å². The van der Waals surface area contributed by atoms with Crippen LogP contribution in [-0.4, -0.2) is 28.3 Å². The maximum absolute atomic E-state index is 11.8. The van der Waals surface area contributed by atoms with Crippen LogP contribution in [0.1, 0.15) is 5.56 Å². The number of benzene rings is 1. The lowest BCUT2D eigenvalue weighted by atomic mass is 10.2. The lowest BCUT2D eigenvalue weighted by Gasteiger charge is -2.06. The predicted molar refractivity (Wildman–Crippen MR) is 101 cm³/mol. The van der Waals surface area contributed by atoms with Crippen molar-refractivity contribution >= 4 is 50.9 Å². The molecule has 8 heteroatoms. The Kier molecular flexibility index (Phi) is 6.62. The molecule has 0 radical (unpaired) electrons. The number of aryl methyl sites for hydroxylation is 1. The number of pyridine rings is 1. The third-order valence-corrected chi connectivity index (χ3v) is 4.30. The number of aromatic amines is 1. The molecule has 2 rings (SSSR count). The fraction of sp³-hybridized carbons (Fsp3) is 0.188.